The van der Waals surface area contributed by atoms with Gasteiger partial charge in [-0.2, -0.15) is 0 Å². The molecule has 218 valence electrons. The summed E-state index contributed by atoms with van der Waals surface area (Å²) in [6, 6.07) is 11.7. The van der Waals surface area contributed by atoms with E-state index in [1.54, 1.807) is 39.0 Å². The van der Waals surface area contributed by atoms with E-state index in [-0.39, 0.29) is 37.3 Å². The lowest BCUT2D eigenvalue weighted by Gasteiger charge is -2.35. The summed E-state index contributed by atoms with van der Waals surface area (Å²) in [5.41, 5.74) is 1.45. The molecule has 9 heteroatoms. The third-order valence-corrected chi connectivity index (χ3v) is 6.86. The van der Waals surface area contributed by atoms with Crippen molar-refractivity contribution in [1.82, 2.24) is 15.5 Å². The number of benzene rings is 2. The Kier molecular flexibility index (Phi) is 11.0. The first-order valence-corrected chi connectivity index (χ1v) is 14.0. The van der Waals surface area contributed by atoms with Crippen LogP contribution in [0.3, 0.4) is 0 Å². The van der Waals surface area contributed by atoms with E-state index in [2.05, 4.69) is 10.6 Å². The Hall–Kier alpha value is -3.59. The molecule has 9 nitrogen and oxygen atoms in total. The molecule has 1 saturated carbocycles. The van der Waals surface area contributed by atoms with Crippen LogP contribution >= 0.6 is 0 Å². The number of rotatable bonds is 10. The van der Waals surface area contributed by atoms with Gasteiger partial charge < -0.3 is 30.5 Å². The first-order valence-electron chi connectivity index (χ1n) is 14.0. The average Bonchev–Trinajstić information content (AvgIpc) is 2.88. The SMILES string of the molecule is Cc1cccc(C(C(=O)NC2CCCCC2)N(CCO)C(=O)C(Cc2ccc(O)cc2)NC(=O)OC(C)(C)C)c1. The zero-order valence-corrected chi connectivity index (χ0v) is 24.0. The smallest absolute Gasteiger partial charge is 0.408 e. The summed E-state index contributed by atoms with van der Waals surface area (Å²) in [6.45, 7) is 6.61. The molecule has 1 aliphatic carbocycles. The number of hydrogen-bond donors (Lipinski definition) is 4. The highest BCUT2D eigenvalue weighted by atomic mass is 16.6. The van der Waals surface area contributed by atoms with Crippen LogP contribution in [-0.4, -0.2) is 63.9 Å². The molecule has 0 radical (unpaired) electrons. The molecule has 2 unspecified atom stereocenters. The maximum Gasteiger partial charge on any atom is 0.408 e. The summed E-state index contributed by atoms with van der Waals surface area (Å²) in [6.07, 6.45) is 4.28. The fraction of sp³-hybridized carbons (Fsp3) is 0.516. The lowest BCUT2D eigenvalue weighted by atomic mass is 9.94. The molecule has 3 rings (SSSR count). The number of nitrogens with one attached hydrogen (secondary N) is 2. The third kappa shape index (κ3) is 9.26. The highest BCUT2D eigenvalue weighted by Gasteiger charge is 2.37. The number of nitrogens with zero attached hydrogens (tertiary/aromatic N) is 1. The number of aromatic hydroxyl groups is 1. The Bertz CT molecular complexity index is 1140. The normalized spacial score (nSPS) is 15.5. The van der Waals surface area contributed by atoms with Gasteiger partial charge in [-0.1, -0.05) is 61.2 Å². The van der Waals surface area contributed by atoms with E-state index in [0.29, 0.717) is 11.1 Å². The minimum atomic E-state index is -1.10. The minimum Gasteiger partial charge on any atom is -0.508 e. The van der Waals surface area contributed by atoms with Crippen molar-refractivity contribution in [3.63, 3.8) is 0 Å². The van der Waals surface area contributed by atoms with Gasteiger partial charge in [0.2, 0.25) is 11.8 Å². The molecule has 0 spiro atoms. The molecule has 0 aromatic heterocycles. The molecule has 0 aliphatic heterocycles. The summed E-state index contributed by atoms with van der Waals surface area (Å²) in [5, 5.41) is 25.5. The van der Waals surface area contributed by atoms with E-state index in [0.717, 1.165) is 37.7 Å². The van der Waals surface area contributed by atoms with Crippen LogP contribution in [0, 0.1) is 6.92 Å². The molecule has 2 aromatic carbocycles. The molecule has 2 atom stereocenters. The number of hydrogen-bond acceptors (Lipinski definition) is 6. The lowest BCUT2D eigenvalue weighted by Crippen LogP contribution is -2.55. The van der Waals surface area contributed by atoms with Crippen molar-refractivity contribution in [1.29, 1.82) is 0 Å². The van der Waals surface area contributed by atoms with Crippen LogP contribution in [0.4, 0.5) is 4.79 Å². The standard InChI is InChI=1S/C31H43N3O6/c1-21-9-8-10-23(19-21)27(28(37)32-24-11-6-5-7-12-24)34(17-18-35)29(38)26(33-30(39)40-31(2,3)4)20-22-13-15-25(36)16-14-22/h8-10,13-16,19,24,26-27,35-36H,5-7,11-12,17-18,20H2,1-4H3,(H,32,37)(H,33,39). The Morgan fingerprint density at radius 3 is 2.33 bits per heavy atom. The molecule has 40 heavy (non-hydrogen) atoms. The monoisotopic (exact) mass is 553 g/mol. The predicted octanol–water partition coefficient (Wildman–Crippen LogP) is 4.15. The van der Waals surface area contributed by atoms with E-state index in [4.69, 9.17) is 4.74 Å². The maximum atomic E-state index is 14.2. The average molecular weight is 554 g/mol. The van der Waals surface area contributed by atoms with E-state index in [9.17, 15) is 24.6 Å². The summed E-state index contributed by atoms with van der Waals surface area (Å²) in [5.74, 6) is -0.772. The van der Waals surface area contributed by atoms with Crippen LogP contribution in [0.1, 0.15) is 75.6 Å². The van der Waals surface area contributed by atoms with Crippen molar-refractivity contribution >= 4 is 17.9 Å². The first kappa shape index (κ1) is 30.9. The number of phenols is 1. The van der Waals surface area contributed by atoms with Crippen molar-refractivity contribution in [2.24, 2.45) is 0 Å². The van der Waals surface area contributed by atoms with Crippen molar-refractivity contribution in [3.8, 4) is 5.75 Å². The minimum absolute atomic E-state index is 0.0207. The van der Waals surface area contributed by atoms with Crippen LogP contribution < -0.4 is 10.6 Å². The number of aryl methyl sites for hydroxylation is 1. The second kappa shape index (κ2) is 14.2. The Morgan fingerprint density at radius 1 is 1.05 bits per heavy atom. The van der Waals surface area contributed by atoms with Crippen LogP contribution in [0.15, 0.2) is 48.5 Å². The summed E-state index contributed by atoms with van der Waals surface area (Å²) >= 11 is 0. The molecule has 0 saturated heterocycles. The molecule has 1 fully saturated rings. The summed E-state index contributed by atoms with van der Waals surface area (Å²) in [4.78, 5) is 42.2. The van der Waals surface area contributed by atoms with E-state index < -0.39 is 29.7 Å². The van der Waals surface area contributed by atoms with Gasteiger partial charge >= 0.3 is 6.09 Å². The van der Waals surface area contributed by atoms with Crippen molar-refractivity contribution in [2.75, 3.05) is 13.2 Å². The van der Waals surface area contributed by atoms with Gasteiger partial charge in [-0.3, -0.25) is 9.59 Å². The van der Waals surface area contributed by atoms with Gasteiger partial charge in [0.05, 0.1) is 6.61 Å². The zero-order chi connectivity index (χ0) is 29.3. The van der Waals surface area contributed by atoms with E-state index in [1.807, 2.05) is 25.1 Å². The van der Waals surface area contributed by atoms with Crippen molar-refractivity contribution in [2.45, 2.75) is 89.9 Å². The van der Waals surface area contributed by atoms with Crippen LogP contribution in [0.25, 0.3) is 0 Å². The van der Waals surface area contributed by atoms with E-state index >= 15 is 0 Å². The van der Waals surface area contributed by atoms with Gasteiger partial charge in [0.1, 0.15) is 23.4 Å². The van der Waals surface area contributed by atoms with Gasteiger partial charge in [-0.05, 0) is 63.8 Å². The number of amides is 3. The second-order valence-corrected chi connectivity index (χ2v) is 11.5. The highest BCUT2D eigenvalue weighted by molar-refractivity contribution is 5.92. The van der Waals surface area contributed by atoms with Gasteiger partial charge in [0.15, 0.2) is 0 Å². The van der Waals surface area contributed by atoms with Gasteiger partial charge in [0.25, 0.3) is 0 Å². The molecule has 2 aromatic rings. The number of phenolic OH excluding ortho intramolecular Hbond substituents is 1. The second-order valence-electron chi connectivity index (χ2n) is 11.5. The Labute approximate surface area is 236 Å². The van der Waals surface area contributed by atoms with Gasteiger partial charge in [-0.15, -0.1) is 0 Å². The molecular formula is C31H43N3O6. The summed E-state index contributed by atoms with van der Waals surface area (Å²) in [7, 11) is 0. The van der Waals surface area contributed by atoms with Crippen LogP contribution in [0.5, 0.6) is 5.75 Å². The number of ether oxygens (including phenoxy) is 1. The van der Waals surface area contributed by atoms with Gasteiger partial charge in [0, 0.05) is 19.0 Å². The fourth-order valence-electron chi connectivity index (χ4n) is 5.03. The number of carbonyl (C=O) groups is 3. The lowest BCUT2D eigenvalue weighted by molar-refractivity contribution is -0.143. The van der Waals surface area contributed by atoms with Crippen LogP contribution in [-0.2, 0) is 20.7 Å². The summed E-state index contributed by atoms with van der Waals surface area (Å²) < 4.78 is 5.43. The number of aliphatic hydroxyl groups excluding tert-OH is 1. The Morgan fingerprint density at radius 2 is 1.73 bits per heavy atom. The molecule has 0 bridgehead atoms. The Balaban J connectivity index is 1.98. The van der Waals surface area contributed by atoms with E-state index in [1.165, 1.54) is 17.0 Å². The predicted molar refractivity (Wildman–Crippen MR) is 153 cm³/mol. The molecule has 1 aliphatic rings. The highest BCUT2D eigenvalue weighted by Crippen LogP contribution is 2.26. The first-order chi connectivity index (χ1) is 19.0. The molecule has 4 N–H and O–H groups in total. The van der Waals surface area contributed by atoms with Crippen molar-refractivity contribution in [3.05, 3.63) is 65.2 Å². The number of aliphatic hydroxyl groups is 1. The topological polar surface area (TPSA) is 128 Å². The van der Waals surface area contributed by atoms with Gasteiger partial charge in [-0.25, -0.2) is 4.79 Å². The molecular weight excluding hydrogens is 510 g/mol. The fourth-order valence-corrected chi connectivity index (χ4v) is 5.03. The molecule has 0 heterocycles. The third-order valence-electron chi connectivity index (χ3n) is 6.86. The number of alkyl carbamates (subject to hydrolysis) is 1. The molecule has 3 amide bonds. The number of carbonyl (C=O) groups excluding carboxylic acids is 3. The largest absolute Gasteiger partial charge is 0.508 e. The van der Waals surface area contributed by atoms with Crippen LogP contribution in [0.2, 0.25) is 0 Å². The van der Waals surface area contributed by atoms with Crippen molar-refractivity contribution < 1.29 is 29.3 Å². The maximum absolute atomic E-state index is 14.2. The zero-order valence-electron chi connectivity index (χ0n) is 24.0. The quantitative estimate of drug-likeness (QED) is 0.350.